The molecule has 7 nitrogen and oxygen atoms in total. The molecule has 108 valence electrons. The van der Waals surface area contributed by atoms with Gasteiger partial charge in [-0.3, -0.25) is 19.0 Å². The van der Waals surface area contributed by atoms with Crippen molar-refractivity contribution < 1.29 is 14.7 Å². The lowest BCUT2D eigenvalue weighted by molar-refractivity contribution is -0.137. The average Bonchev–Trinajstić information content (AvgIpc) is 2.85. The molecule has 0 spiro atoms. The number of fused-ring (bicyclic) bond motifs is 1. The average molecular weight is 297 g/mol. The zero-order valence-electron chi connectivity index (χ0n) is 11.0. The van der Waals surface area contributed by atoms with Crippen LogP contribution in [-0.2, 0) is 11.3 Å². The Kier molecular flexibility index (Phi) is 4.43. The molecule has 1 unspecified atom stereocenters. The Morgan fingerprint density at radius 2 is 2.35 bits per heavy atom. The van der Waals surface area contributed by atoms with Crippen LogP contribution < -0.4 is 10.9 Å². The van der Waals surface area contributed by atoms with Crippen LogP contribution >= 0.6 is 11.8 Å². The van der Waals surface area contributed by atoms with Gasteiger partial charge in [-0.25, -0.2) is 4.98 Å². The first-order valence-electron chi connectivity index (χ1n) is 6.21. The molecule has 8 heteroatoms. The number of nitrogens with zero attached hydrogens (tertiary/aromatic N) is 2. The number of hydrogen-bond acceptors (Lipinski definition) is 5. The highest BCUT2D eigenvalue weighted by atomic mass is 32.2. The third kappa shape index (κ3) is 3.19. The number of aromatic nitrogens is 2. The minimum Gasteiger partial charge on any atom is -0.481 e. The van der Waals surface area contributed by atoms with E-state index in [0.717, 1.165) is 5.75 Å². The Hall–Kier alpha value is -1.83. The Balaban J connectivity index is 2.03. The molecule has 1 aromatic heterocycles. The summed E-state index contributed by atoms with van der Waals surface area (Å²) in [5.41, 5.74) is -0.345. The molecule has 1 atom stereocenters. The molecule has 2 rings (SSSR count). The zero-order valence-corrected chi connectivity index (χ0v) is 11.8. The fourth-order valence-corrected chi connectivity index (χ4v) is 2.82. The predicted octanol–water partition coefficient (Wildman–Crippen LogP) is 0.190. The van der Waals surface area contributed by atoms with Crippen LogP contribution in [0.1, 0.15) is 23.7 Å². The highest BCUT2D eigenvalue weighted by molar-refractivity contribution is 7.99. The first-order chi connectivity index (χ1) is 9.49. The van der Waals surface area contributed by atoms with Gasteiger partial charge in [-0.1, -0.05) is 18.7 Å². The standard InChI is InChI=1S/C12H15N3O4S/c1-7(4-9(16)17)5-13-10(18)8-6-14-12-15(11(8)19)2-3-20-12/h6-7H,2-5H2,1H3,(H,13,18)(H,16,17). The molecule has 1 aromatic rings. The van der Waals surface area contributed by atoms with Crippen molar-refractivity contribution in [2.45, 2.75) is 25.0 Å². The second-order valence-corrected chi connectivity index (χ2v) is 5.73. The van der Waals surface area contributed by atoms with Gasteiger partial charge >= 0.3 is 5.97 Å². The number of hydrogen-bond donors (Lipinski definition) is 2. The normalized spacial score (nSPS) is 14.7. The maximum atomic E-state index is 12.1. The van der Waals surface area contributed by atoms with E-state index >= 15 is 0 Å². The fourth-order valence-electron chi connectivity index (χ4n) is 1.91. The monoisotopic (exact) mass is 297 g/mol. The smallest absolute Gasteiger partial charge is 0.303 e. The van der Waals surface area contributed by atoms with Crippen LogP contribution in [0.5, 0.6) is 0 Å². The van der Waals surface area contributed by atoms with Gasteiger partial charge in [-0.05, 0) is 5.92 Å². The molecule has 20 heavy (non-hydrogen) atoms. The Bertz CT molecular complexity index is 599. The van der Waals surface area contributed by atoms with Crippen LogP contribution in [0.25, 0.3) is 0 Å². The summed E-state index contributed by atoms with van der Waals surface area (Å²) in [6.45, 7) is 2.49. The van der Waals surface area contributed by atoms with Crippen LogP contribution in [0.2, 0.25) is 0 Å². The van der Waals surface area contributed by atoms with Crippen LogP contribution in [0.3, 0.4) is 0 Å². The SMILES string of the molecule is CC(CNC(=O)c1cnc2n(c1=O)CCS2)CC(=O)O. The third-order valence-corrected chi connectivity index (χ3v) is 3.91. The van der Waals surface area contributed by atoms with Crippen molar-refractivity contribution >= 4 is 23.6 Å². The maximum absolute atomic E-state index is 12.1. The van der Waals surface area contributed by atoms with Crippen LogP contribution in [0.4, 0.5) is 0 Å². The molecule has 0 aliphatic carbocycles. The summed E-state index contributed by atoms with van der Waals surface area (Å²) in [6.07, 6.45) is 1.25. The van der Waals surface area contributed by atoms with E-state index in [9.17, 15) is 14.4 Å². The van der Waals surface area contributed by atoms with Crippen molar-refractivity contribution in [2.24, 2.45) is 5.92 Å². The number of amides is 1. The number of carboxylic acids is 1. The van der Waals surface area contributed by atoms with Gasteiger partial charge < -0.3 is 10.4 Å². The van der Waals surface area contributed by atoms with Crippen molar-refractivity contribution in [1.82, 2.24) is 14.9 Å². The molecule has 2 N–H and O–H groups in total. The van der Waals surface area contributed by atoms with Crippen LogP contribution in [0, 0.1) is 5.92 Å². The number of carbonyl (C=O) groups excluding carboxylic acids is 1. The second kappa shape index (κ2) is 6.08. The first-order valence-corrected chi connectivity index (χ1v) is 7.20. The van der Waals surface area contributed by atoms with Crippen molar-refractivity contribution in [3.8, 4) is 0 Å². The van der Waals surface area contributed by atoms with Crippen LogP contribution in [-0.4, -0.2) is 38.8 Å². The van der Waals surface area contributed by atoms with E-state index in [2.05, 4.69) is 10.3 Å². The Labute approximate surface area is 119 Å². The summed E-state index contributed by atoms with van der Waals surface area (Å²) in [6, 6.07) is 0. The number of rotatable bonds is 5. The Morgan fingerprint density at radius 1 is 1.60 bits per heavy atom. The van der Waals surface area contributed by atoms with E-state index < -0.39 is 11.9 Å². The van der Waals surface area contributed by atoms with Crippen LogP contribution in [0.15, 0.2) is 16.1 Å². The highest BCUT2D eigenvalue weighted by Gasteiger charge is 2.20. The van der Waals surface area contributed by atoms with E-state index in [0.29, 0.717) is 11.7 Å². The quantitative estimate of drug-likeness (QED) is 0.752. The molecule has 2 heterocycles. The zero-order chi connectivity index (χ0) is 14.7. The molecule has 1 aliphatic rings. The van der Waals surface area contributed by atoms with Gasteiger partial charge in [0.05, 0.1) is 0 Å². The molecule has 0 saturated heterocycles. The van der Waals surface area contributed by atoms with Gasteiger partial charge in [0, 0.05) is 31.5 Å². The molecule has 0 radical (unpaired) electrons. The molecular formula is C12H15N3O4S. The summed E-state index contributed by atoms with van der Waals surface area (Å²) in [7, 11) is 0. The summed E-state index contributed by atoms with van der Waals surface area (Å²) in [5, 5.41) is 11.8. The second-order valence-electron chi connectivity index (χ2n) is 4.67. The summed E-state index contributed by atoms with van der Waals surface area (Å²) < 4.78 is 1.49. The summed E-state index contributed by atoms with van der Waals surface area (Å²) in [5.74, 6) is -0.838. The van der Waals surface area contributed by atoms with Gasteiger partial charge in [-0.2, -0.15) is 0 Å². The molecule has 1 aliphatic heterocycles. The predicted molar refractivity (Wildman–Crippen MR) is 73.0 cm³/mol. The molecular weight excluding hydrogens is 282 g/mol. The minimum absolute atomic E-state index is 0.00113. The number of carbonyl (C=O) groups is 2. The molecule has 0 saturated carbocycles. The van der Waals surface area contributed by atoms with Crippen molar-refractivity contribution in [3.05, 3.63) is 22.1 Å². The minimum atomic E-state index is -0.914. The van der Waals surface area contributed by atoms with Gasteiger partial charge in [-0.15, -0.1) is 0 Å². The van der Waals surface area contributed by atoms with E-state index in [1.54, 1.807) is 6.92 Å². The van der Waals surface area contributed by atoms with Crippen molar-refractivity contribution in [3.63, 3.8) is 0 Å². The number of aliphatic carboxylic acids is 1. The van der Waals surface area contributed by atoms with Crippen molar-refractivity contribution in [2.75, 3.05) is 12.3 Å². The molecule has 0 aromatic carbocycles. The van der Waals surface area contributed by atoms with E-state index in [1.165, 1.54) is 22.5 Å². The highest BCUT2D eigenvalue weighted by Crippen LogP contribution is 2.20. The van der Waals surface area contributed by atoms with Gasteiger partial charge in [0.1, 0.15) is 5.56 Å². The van der Waals surface area contributed by atoms with E-state index in [-0.39, 0.29) is 30.0 Å². The van der Waals surface area contributed by atoms with E-state index in [1.807, 2.05) is 0 Å². The maximum Gasteiger partial charge on any atom is 0.303 e. The fraction of sp³-hybridized carbons (Fsp3) is 0.500. The van der Waals surface area contributed by atoms with Gasteiger partial charge in [0.25, 0.3) is 11.5 Å². The Morgan fingerprint density at radius 3 is 3.05 bits per heavy atom. The summed E-state index contributed by atoms with van der Waals surface area (Å²) in [4.78, 5) is 38.6. The van der Waals surface area contributed by atoms with E-state index in [4.69, 9.17) is 5.11 Å². The number of thioether (sulfide) groups is 1. The topological polar surface area (TPSA) is 101 Å². The largest absolute Gasteiger partial charge is 0.481 e. The number of nitrogens with one attached hydrogen (secondary N) is 1. The van der Waals surface area contributed by atoms with Crippen molar-refractivity contribution in [1.29, 1.82) is 0 Å². The molecule has 0 fully saturated rings. The molecule has 1 amide bonds. The van der Waals surface area contributed by atoms with Gasteiger partial charge in [0.2, 0.25) is 0 Å². The van der Waals surface area contributed by atoms with Gasteiger partial charge in [0.15, 0.2) is 5.16 Å². The summed E-state index contributed by atoms with van der Waals surface area (Å²) >= 11 is 1.48. The lowest BCUT2D eigenvalue weighted by Crippen LogP contribution is -2.35. The lowest BCUT2D eigenvalue weighted by atomic mass is 10.1. The third-order valence-electron chi connectivity index (χ3n) is 2.94. The lowest BCUT2D eigenvalue weighted by Gasteiger charge is -2.10. The number of carboxylic acid groups (broad SMARTS) is 1. The molecule has 0 bridgehead atoms. The first kappa shape index (κ1) is 14.6.